The van der Waals surface area contributed by atoms with Crippen LogP contribution < -0.4 is 19.1 Å². The van der Waals surface area contributed by atoms with Gasteiger partial charge in [0.05, 0.1) is 30.8 Å². The standard InChI is InChI=1S/C28H34N2O5S/c1-18-8-10-25(21(4)13-18)22(5)29-28(31)17-30(23-14-19(2)12-20(3)15-23)36(32,33)24-9-11-26(34-6)27(16-24)35-7/h8-16,22H,17H2,1-7H3,(H,29,31)/t22-/m0/s1. The lowest BCUT2D eigenvalue weighted by molar-refractivity contribution is -0.120. The van der Waals surface area contributed by atoms with E-state index >= 15 is 0 Å². The molecule has 3 rings (SSSR count). The average Bonchev–Trinajstić information content (AvgIpc) is 2.81. The molecule has 0 aliphatic heterocycles. The highest BCUT2D eigenvalue weighted by Crippen LogP contribution is 2.32. The summed E-state index contributed by atoms with van der Waals surface area (Å²) in [5, 5.41) is 2.96. The Hall–Kier alpha value is -3.52. The van der Waals surface area contributed by atoms with Crippen molar-refractivity contribution in [1.29, 1.82) is 0 Å². The van der Waals surface area contributed by atoms with Crippen molar-refractivity contribution in [3.8, 4) is 11.5 Å². The topological polar surface area (TPSA) is 84.9 Å². The molecule has 0 bridgehead atoms. The highest BCUT2D eigenvalue weighted by atomic mass is 32.2. The zero-order valence-electron chi connectivity index (χ0n) is 21.9. The highest BCUT2D eigenvalue weighted by Gasteiger charge is 2.29. The summed E-state index contributed by atoms with van der Waals surface area (Å²) in [5.74, 6) is 0.284. The molecule has 0 spiro atoms. The first-order valence-corrected chi connectivity index (χ1v) is 13.1. The third-order valence-electron chi connectivity index (χ3n) is 5.99. The quantitative estimate of drug-likeness (QED) is 0.437. The Labute approximate surface area is 214 Å². The minimum Gasteiger partial charge on any atom is -0.493 e. The normalized spacial score (nSPS) is 12.1. The number of nitrogens with one attached hydrogen (secondary N) is 1. The number of hydrogen-bond acceptors (Lipinski definition) is 5. The molecule has 0 aliphatic rings. The van der Waals surface area contributed by atoms with Gasteiger partial charge in [0.1, 0.15) is 6.54 Å². The number of benzene rings is 3. The molecule has 1 atom stereocenters. The van der Waals surface area contributed by atoms with Gasteiger partial charge in [0.25, 0.3) is 10.0 Å². The van der Waals surface area contributed by atoms with Crippen LogP contribution in [0, 0.1) is 27.7 Å². The molecule has 0 saturated carbocycles. The van der Waals surface area contributed by atoms with Crippen molar-refractivity contribution in [3.63, 3.8) is 0 Å². The van der Waals surface area contributed by atoms with Gasteiger partial charge < -0.3 is 14.8 Å². The lowest BCUT2D eigenvalue weighted by Crippen LogP contribution is -2.41. The van der Waals surface area contributed by atoms with Gasteiger partial charge in [-0.05, 0) is 81.1 Å². The summed E-state index contributed by atoms with van der Waals surface area (Å²) in [5.41, 5.74) is 5.37. The van der Waals surface area contributed by atoms with E-state index in [0.717, 1.165) is 32.1 Å². The number of aryl methyl sites for hydroxylation is 4. The summed E-state index contributed by atoms with van der Waals surface area (Å²) >= 11 is 0. The van der Waals surface area contributed by atoms with Crippen LogP contribution in [0.4, 0.5) is 5.69 Å². The van der Waals surface area contributed by atoms with Crippen LogP contribution in [-0.2, 0) is 14.8 Å². The first-order valence-electron chi connectivity index (χ1n) is 11.7. The molecule has 7 nitrogen and oxygen atoms in total. The molecular formula is C28H34N2O5S. The second kappa shape index (κ2) is 11.0. The van der Waals surface area contributed by atoms with Crippen LogP contribution in [0.3, 0.4) is 0 Å². The number of hydrogen-bond donors (Lipinski definition) is 1. The predicted octanol–water partition coefficient (Wildman–Crippen LogP) is 5.01. The summed E-state index contributed by atoms with van der Waals surface area (Å²) in [6, 6.07) is 15.6. The molecule has 36 heavy (non-hydrogen) atoms. The number of carbonyl (C=O) groups excluding carboxylic acids is 1. The van der Waals surface area contributed by atoms with Crippen LogP contribution >= 0.6 is 0 Å². The van der Waals surface area contributed by atoms with E-state index in [0.29, 0.717) is 11.4 Å². The van der Waals surface area contributed by atoms with Crippen molar-refractivity contribution < 1.29 is 22.7 Å². The zero-order valence-corrected chi connectivity index (χ0v) is 22.7. The molecular weight excluding hydrogens is 476 g/mol. The molecule has 0 saturated heterocycles. The van der Waals surface area contributed by atoms with E-state index in [1.807, 2.05) is 52.8 Å². The Morgan fingerprint density at radius 3 is 2.08 bits per heavy atom. The van der Waals surface area contributed by atoms with Crippen LogP contribution in [0.2, 0.25) is 0 Å². The number of anilines is 1. The Kier molecular flexibility index (Phi) is 8.30. The van der Waals surface area contributed by atoms with E-state index in [1.54, 1.807) is 12.1 Å². The number of amides is 1. The fourth-order valence-electron chi connectivity index (χ4n) is 4.32. The van der Waals surface area contributed by atoms with Crippen LogP contribution in [0.25, 0.3) is 0 Å². The molecule has 0 radical (unpaired) electrons. The minimum absolute atomic E-state index is 0.00506. The number of sulfonamides is 1. The molecule has 1 N–H and O–H groups in total. The molecule has 192 valence electrons. The fourth-order valence-corrected chi connectivity index (χ4v) is 5.74. The van der Waals surface area contributed by atoms with Crippen molar-refractivity contribution in [3.05, 3.63) is 82.4 Å². The van der Waals surface area contributed by atoms with Crippen molar-refractivity contribution in [2.45, 2.75) is 45.6 Å². The molecule has 0 heterocycles. The lowest BCUT2D eigenvalue weighted by Gasteiger charge is -2.26. The smallest absolute Gasteiger partial charge is 0.264 e. The van der Waals surface area contributed by atoms with Crippen molar-refractivity contribution >= 4 is 21.6 Å². The Morgan fingerprint density at radius 2 is 1.50 bits per heavy atom. The first kappa shape index (κ1) is 27.1. The molecule has 0 fully saturated rings. The number of ether oxygens (including phenoxy) is 2. The van der Waals surface area contributed by atoms with E-state index in [4.69, 9.17) is 9.47 Å². The summed E-state index contributed by atoms with van der Waals surface area (Å²) in [7, 11) is -1.19. The van der Waals surface area contributed by atoms with Crippen molar-refractivity contribution in [2.24, 2.45) is 0 Å². The average molecular weight is 511 g/mol. The van der Waals surface area contributed by atoms with Gasteiger partial charge in [-0.25, -0.2) is 8.42 Å². The van der Waals surface area contributed by atoms with E-state index in [1.165, 1.54) is 32.4 Å². The molecule has 0 aliphatic carbocycles. The minimum atomic E-state index is -4.12. The van der Waals surface area contributed by atoms with Gasteiger partial charge in [0, 0.05) is 6.07 Å². The summed E-state index contributed by atoms with van der Waals surface area (Å²) in [6.45, 7) is 9.30. The predicted molar refractivity (Wildman–Crippen MR) is 142 cm³/mol. The van der Waals surface area contributed by atoms with Gasteiger partial charge in [-0.3, -0.25) is 9.10 Å². The Morgan fingerprint density at radius 1 is 0.861 bits per heavy atom. The van der Waals surface area contributed by atoms with Crippen LogP contribution in [0.5, 0.6) is 11.5 Å². The molecule has 3 aromatic rings. The second-order valence-corrected chi connectivity index (χ2v) is 10.9. The summed E-state index contributed by atoms with van der Waals surface area (Å²) in [6.07, 6.45) is 0. The van der Waals surface area contributed by atoms with Crippen molar-refractivity contribution in [1.82, 2.24) is 5.32 Å². The molecule has 3 aromatic carbocycles. The van der Waals surface area contributed by atoms with Crippen LogP contribution in [0.1, 0.15) is 40.8 Å². The first-order chi connectivity index (χ1) is 17.0. The van der Waals surface area contributed by atoms with E-state index in [9.17, 15) is 13.2 Å². The molecule has 8 heteroatoms. The molecule has 0 aromatic heterocycles. The van der Waals surface area contributed by atoms with Crippen molar-refractivity contribution in [2.75, 3.05) is 25.1 Å². The monoisotopic (exact) mass is 510 g/mol. The number of rotatable bonds is 9. The fraction of sp³-hybridized carbons (Fsp3) is 0.321. The number of nitrogens with zero attached hydrogens (tertiary/aromatic N) is 1. The number of methoxy groups -OCH3 is 2. The molecule has 0 unspecified atom stereocenters. The van der Waals surface area contributed by atoms with Gasteiger partial charge in [-0.1, -0.05) is 29.8 Å². The Balaban J connectivity index is 1.99. The summed E-state index contributed by atoms with van der Waals surface area (Å²) in [4.78, 5) is 13.2. The maximum absolute atomic E-state index is 13.9. The Bertz CT molecular complexity index is 1350. The van der Waals surface area contributed by atoms with Crippen LogP contribution in [-0.4, -0.2) is 35.1 Å². The van der Waals surface area contributed by atoms with Gasteiger partial charge in [0.2, 0.25) is 5.91 Å². The van der Waals surface area contributed by atoms with Gasteiger partial charge in [0.15, 0.2) is 11.5 Å². The SMILES string of the molecule is COc1ccc(S(=O)(=O)N(CC(=O)N[C@@H](C)c2ccc(C)cc2C)c2cc(C)cc(C)c2)cc1OC. The van der Waals surface area contributed by atoms with Crippen LogP contribution in [0.15, 0.2) is 59.5 Å². The maximum Gasteiger partial charge on any atom is 0.264 e. The lowest BCUT2D eigenvalue weighted by atomic mass is 10.0. The third kappa shape index (κ3) is 5.99. The van der Waals surface area contributed by atoms with Gasteiger partial charge in [-0.2, -0.15) is 0 Å². The van der Waals surface area contributed by atoms with E-state index in [-0.39, 0.29) is 23.2 Å². The zero-order chi connectivity index (χ0) is 26.6. The highest BCUT2D eigenvalue weighted by molar-refractivity contribution is 7.92. The second-order valence-electron chi connectivity index (χ2n) is 9.02. The number of carbonyl (C=O) groups is 1. The van der Waals surface area contributed by atoms with Gasteiger partial charge >= 0.3 is 0 Å². The third-order valence-corrected chi connectivity index (χ3v) is 7.76. The van der Waals surface area contributed by atoms with E-state index < -0.39 is 15.9 Å². The largest absolute Gasteiger partial charge is 0.493 e. The maximum atomic E-state index is 13.9. The van der Waals surface area contributed by atoms with Gasteiger partial charge in [-0.15, -0.1) is 0 Å². The molecule has 1 amide bonds. The summed E-state index contributed by atoms with van der Waals surface area (Å²) < 4.78 is 39.4. The van der Waals surface area contributed by atoms with E-state index in [2.05, 4.69) is 11.4 Å².